The lowest BCUT2D eigenvalue weighted by atomic mass is 9.87. The summed E-state index contributed by atoms with van der Waals surface area (Å²) in [5, 5.41) is 0. The van der Waals surface area contributed by atoms with E-state index >= 15 is 0 Å². The number of hydrogen-bond donors (Lipinski definition) is 0. The average molecular weight is 342 g/mol. The van der Waals surface area contributed by atoms with Gasteiger partial charge >= 0.3 is 0 Å². The van der Waals surface area contributed by atoms with E-state index in [0.717, 1.165) is 23.1 Å². The van der Waals surface area contributed by atoms with Crippen LogP contribution in [0.3, 0.4) is 0 Å². The van der Waals surface area contributed by atoms with Crippen LogP contribution in [0.1, 0.15) is 44.2 Å². The first-order valence-electron chi connectivity index (χ1n) is 9.01. The Bertz CT molecular complexity index is 949. The van der Waals surface area contributed by atoms with Crippen LogP contribution in [0.15, 0.2) is 67.0 Å². The maximum atomic E-state index is 13.4. The van der Waals surface area contributed by atoms with E-state index in [4.69, 9.17) is 0 Å². The zero-order chi connectivity index (χ0) is 18.1. The minimum Gasteiger partial charge on any atom is -0.327 e. The van der Waals surface area contributed by atoms with Gasteiger partial charge < -0.3 is 4.90 Å². The lowest BCUT2D eigenvalue weighted by Gasteiger charge is -2.38. The fraction of sp³-hybridized carbons (Fsp3) is 0.217. The number of benzene rings is 2. The van der Waals surface area contributed by atoms with E-state index in [1.165, 1.54) is 16.7 Å². The first-order chi connectivity index (χ1) is 12.6. The number of amides is 1. The van der Waals surface area contributed by atoms with E-state index in [-0.39, 0.29) is 11.9 Å². The summed E-state index contributed by atoms with van der Waals surface area (Å²) in [5.74, 6) is 0.0863. The molecule has 3 aromatic rings. The van der Waals surface area contributed by atoms with Crippen molar-refractivity contribution in [3.8, 4) is 0 Å². The summed E-state index contributed by atoms with van der Waals surface area (Å²) >= 11 is 0. The van der Waals surface area contributed by atoms with Crippen LogP contribution >= 0.6 is 0 Å². The van der Waals surface area contributed by atoms with Crippen LogP contribution < -0.4 is 0 Å². The van der Waals surface area contributed by atoms with Crippen LogP contribution in [-0.2, 0) is 6.42 Å². The highest BCUT2D eigenvalue weighted by molar-refractivity contribution is 5.96. The highest BCUT2D eigenvalue weighted by atomic mass is 16.2. The van der Waals surface area contributed by atoms with Gasteiger partial charge in [-0.3, -0.25) is 9.78 Å². The molecule has 1 aliphatic heterocycles. The number of nitrogens with zero attached hydrogens (tertiary/aromatic N) is 2. The van der Waals surface area contributed by atoms with Gasteiger partial charge in [0.25, 0.3) is 5.91 Å². The largest absolute Gasteiger partial charge is 0.327 e. The summed E-state index contributed by atoms with van der Waals surface area (Å²) in [6.45, 7) is 4.82. The molecule has 2 aromatic carbocycles. The normalized spacial score (nSPS) is 16.2. The zero-order valence-electron chi connectivity index (χ0n) is 15.1. The fourth-order valence-corrected chi connectivity index (χ4v) is 3.84. The van der Waals surface area contributed by atoms with Crippen LogP contribution in [0, 0.1) is 13.8 Å². The molecule has 0 saturated carbocycles. The first-order valence-corrected chi connectivity index (χ1v) is 9.01. The van der Waals surface area contributed by atoms with Gasteiger partial charge in [0, 0.05) is 24.5 Å². The molecule has 0 N–H and O–H groups in total. The molecule has 1 atom stereocenters. The quantitative estimate of drug-likeness (QED) is 0.688. The van der Waals surface area contributed by atoms with Crippen molar-refractivity contribution in [3.05, 3.63) is 100 Å². The van der Waals surface area contributed by atoms with Gasteiger partial charge in [0.2, 0.25) is 0 Å². The van der Waals surface area contributed by atoms with E-state index in [0.29, 0.717) is 6.54 Å². The van der Waals surface area contributed by atoms with Crippen LogP contribution in [0.4, 0.5) is 0 Å². The minimum atomic E-state index is -0.0971. The molecule has 3 nitrogen and oxygen atoms in total. The molecule has 1 aromatic heterocycles. The number of hydrogen-bond acceptors (Lipinski definition) is 2. The highest BCUT2D eigenvalue weighted by Crippen LogP contribution is 2.36. The average Bonchev–Trinajstić information content (AvgIpc) is 2.67. The Morgan fingerprint density at radius 1 is 1.08 bits per heavy atom. The maximum Gasteiger partial charge on any atom is 0.254 e. The van der Waals surface area contributed by atoms with E-state index in [9.17, 15) is 4.79 Å². The third-order valence-electron chi connectivity index (χ3n) is 5.16. The first kappa shape index (κ1) is 16.5. The second-order valence-electron chi connectivity index (χ2n) is 6.95. The summed E-state index contributed by atoms with van der Waals surface area (Å²) < 4.78 is 0. The maximum absolute atomic E-state index is 13.4. The number of carbonyl (C=O) groups is 1. The van der Waals surface area contributed by atoms with Crippen molar-refractivity contribution in [3.63, 3.8) is 0 Å². The van der Waals surface area contributed by atoms with Crippen molar-refractivity contribution in [2.75, 3.05) is 6.54 Å². The Labute approximate surface area is 154 Å². The summed E-state index contributed by atoms with van der Waals surface area (Å²) in [4.78, 5) is 19.7. The Kier molecular flexibility index (Phi) is 4.29. The predicted octanol–water partition coefficient (Wildman–Crippen LogP) is 4.49. The number of aromatic nitrogens is 1. The second-order valence-corrected chi connectivity index (χ2v) is 6.95. The van der Waals surface area contributed by atoms with E-state index < -0.39 is 0 Å². The van der Waals surface area contributed by atoms with E-state index in [2.05, 4.69) is 36.2 Å². The number of carbonyl (C=O) groups excluding carboxylic acids is 1. The fourth-order valence-electron chi connectivity index (χ4n) is 3.84. The van der Waals surface area contributed by atoms with Gasteiger partial charge in [-0.2, -0.15) is 0 Å². The predicted molar refractivity (Wildman–Crippen MR) is 103 cm³/mol. The molecular formula is C23H22N2O. The Morgan fingerprint density at radius 2 is 1.92 bits per heavy atom. The molecule has 0 saturated heterocycles. The van der Waals surface area contributed by atoms with E-state index in [1.807, 2.05) is 48.4 Å². The van der Waals surface area contributed by atoms with Gasteiger partial charge in [-0.25, -0.2) is 0 Å². The minimum absolute atomic E-state index is 0.0863. The highest BCUT2D eigenvalue weighted by Gasteiger charge is 2.33. The number of rotatable bonds is 2. The van der Waals surface area contributed by atoms with Crippen LogP contribution in [0.5, 0.6) is 0 Å². The van der Waals surface area contributed by atoms with Gasteiger partial charge in [0.05, 0.1) is 6.04 Å². The van der Waals surface area contributed by atoms with Gasteiger partial charge in [0.1, 0.15) is 0 Å². The van der Waals surface area contributed by atoms with Crippen LogP contribution in [0.25, 0.3) is 0 Å². The number of pyridine rings is 1. The van der Waals surface area contributed by atoms with Gasteiger partial charge in [-0.15, -0.1) is 0 Å². The molecule has 4 rings (SSSR count). The molecule has 0 fully saturated rings. The zero-order valence-corrected chi connectivity index (χ0v) is 15.1. The van der Waals surface area contributed by atoms with Crippen molar-refractivity contribution < 1.29 is 4.79 Å². The Morgan fingerprint density at radius 3 is 2.69 bits per heavy atom. The van der Waals surface area contributed by atoms with Crippen molar-refractivity contribution in [1.29, 1.82) is 0 Å². The summed E-state index contributed by atoms with van der Waals surface area (Å²) in [7, 11) is 0. The number of fused-ring (bicyclic) bond motifs is 1. The number of aryl methyl sites for hydroxylation is 2. The molecule has 1 amide bonds. The third kappa shape index (κ3) is 2.90. The molecule has 0 aliphatic carbocycles. The molecular weight excluding hydrogens is 320 g/mol. The molecule has 0 bridgehead atoms. The van der Waals surface area contributed by atoms with Gasteiger partial charge in [-0.05, 0) is 54.7 Å². The molecule has 26 heavy (non-hydrogen) atoms. The topological polar surface area (TPSA) is 33.2 Å². The van der Waals surface area contributed by atoms with E-state index in [1.54, 1.807) is 6.20 Å². The SMILES string of the molecule is Cc1ccc2c(c1)CCN(C(=O)c1ccccc1C)C2c1cccnc1. The molecule has 3 heteroatoms. The molecule has 2 heterocycles. The van der Waals surface area contributed by atoms with Crippen molar-refractivity contribution >= 4 is 5.91 Å². The Hall–Kier alpha value is -2.94. The van der Waals surface area contributed by atoms with Crippen LogP contribution in [-0.4, -0.2) is 22.3 Å². The monoisotopic (exact) mass is 342 g/mol. The Balaban J connectivity index is 1.82. The smallest absolute Gasteiger partial charge is 0.254 e. The van der Waals surface area contributed by atoms with Gasteiger partial charge in [-0.1, -0.05) is 48.0 Å². The van der Waals surface area contributed by atoms with Gasteiger partial charge in [0.15, 0.2) is 0 Å². The van der Waals surface area contributed by atoms with Crippen molar-refractivity contribution in [2.24, 2.45) is 0 Å². The molecule has 1 aliphatic rings. The molecule has 0 spiro atoms. The standard InChI is InChI=1S/C23H22N2O/c1-16-9-10-21-18(14-16)11-13-25(22(21)19-7-5-12-24-15-19)23(26)20-8-4-3-6-17(20)2/h3-10,12,14-15,22H,11,13H2,1-2H3. The second kappa shape index (κ2) is 6.75. The summed E-state index contributed by atoms with van der Waals surface area (Å²) in [5.41, 5.74) is 6.63. The summed E-state index contributed by atoms with van der Waals surface area (Å²) in [6.07, 6.45) is 4.53. The molecule has 130 valence electrons. The van der Waals surface area contributed by atoms with Crippen molar-refractivity contribution in [1.82, 2.24) is 9.88 Å². The van der Waals surface area contributed by atoms with Crippen LogP contribution in [0.2, 0.25) is 0 Å². The van der Waals surface area contributed by atoms with Crippen molar-refractivity contribution in [2.45, 2.75) is 26.3 Å². The molecule has 0 radical (unpaired) electrons. The molecule has 1 unspecified atom stereocenters. The lowest BCUT2D eigenvalue weighted by Crippen LogP contribution is -2.41. The summed E-state index contributed by atoms with van der Waals surface area (Å²) in [6, 6.07) is 18.3. The third-order valence-corrected chi connectivity index (χ3v) is 5.16. The lowest BCUT2D eigenvalue weighted by molar-refractivity contribution is 0.0693.